The van der Waals surface area contributed by atoms with Crippen molar-refractivity contribution in [1.29, 1.82) is 0 Å². The number of hydrogen-bond donors (Lipinski definition) is 3. The molecule has 0 rings (SSSR count). The molecule has 0 amide bonds. The Balaban J connectivity index is -0.000000240. The fourth-order valence-corrected chi connectivity index (χ4v) is 3.21. The zero-order valence-electron chi connectivity index (χ0n) is 8.46. The molecule has 0 bridgehead atoms. The van der Waals surface area contributed by atoms with Crippen LogP contribution in [0, 0.1) is 0 Å². The first kappa shape index (κ1) is 27.1. The molecule has 16 heteroatoms. The van der Waals surface area contributed by atoms with Crippen molar-refractivity contribution < 1.29 is 128 Å². The fourth-order valence-electron chi connectivity index (χ4n) is 0.357. The van der Waals surface area contributed by atoms with Gasteiger partial charge in [0.2, 0.25) is 0 Å². The second-order valence-corrected chi connectivity index (χ2v) is 6.04. The second-order valence-electron chi connectivity index (χ2n) is 1.57. The van der Waals surface area contributed by atoms with Gasteiger partial charge in [-0.1, -0.05) is 0 Å². The van der Waals surface area contributed by atoms with Gasteiger partial charge in [-0.05, 0) is 0 Å². The molecule has 0 aliphatic heterocycles. The Labute approximate surface area is 159 Å². The molecular formula is H3NNa3O9S3+3. The molecule has 16 heavy (non-hydrogen) atoms. The molecule has 0 aromatic carbocycles. The molecule has 0 atom stereocenters. The largest absolute Gasteiger partial charge is 1.00 e. The molecule has 0 spiro atoms. The van der Waals surface area contributed by atoms with Crippen LogP contribution in [0.4, 0.5) is 0 Å². The van der Waals surface area contributed by atoms with Gasteiger partial charge >= 0.3 is 120 Å². The van der Waals surface area contributed by atoms with E-state index >= 15 is 0 Å². The molecule has 0 saturated heterocycles. The van der Waals surface area contributed by atoms with E-state index in [1.807, 2.05) is 0 Å². The first-order chi connectivity index (χ1) is 5.37. The van der Waals surface area contributed by atoms with E-state index in [0.29, 0.717) is 0 Å². The summed E-state index contributed by atoms with van der Waals surface area (Å²) in [6.45, 7) is 0. The van der Waals surface area contributed by atoms with Gasteiger partial charge in [-0.15, -0.1) is 0 Å². The van der Waals surface area contributed by atoms with Gasteiger partial charge in [-0.2, -0.15) is 25.3 Å². The van der Waals surface area contributed by atoms with Crippen molar-refractivity contribution in [3.8, 4) is 0 Å². The summed E-state index contributed by atoms with van der Waals surface area (Å²) in [5, 5.41) is 0. The van der Waals surface area contributed by atoms with E-state index in [9.17, 15) is 25.3 Å². The van der Waals surface area contributed by atoms with Crippen LogP contribution in [0.25, 0.3) is 0 Å². The van der Waals surface area contributed by atoms with Gasteiger partial charge in [0.25, 0.3) is 0 Å². The topological polar surface area (TPSA) is 166 Å². The average Bonchev–Trinajstić information content (AvgIpc) is 1.44. The Morgan fingerprint density at radius 3 is 0.688 bits per heavy atom. The maximum atomic E-state index is 10.0. The van der Waals surface area contributed by atoms with E-state index < -0.39 is 34.0 Å². The summed E-state index contributed by atoms with van der Waals surface area (Å²) in [6, 6.07) is 0. The van der Waals surface area contributed by atoms with Gasteiger partial charge in [0, 0.05) is 0 Å². The monoisotopic (exact) mass is 326 g/mol. The second kappa shape index (κ2) is 8.78. The summed E-state index contributed by atoms with van der Waals surface area (Å²) >= 11 is 0. The van der Waals surface area contributed by atoms with E-state index in [0.717, 1.165) is 0 Å². The van der Waals surface area contributed by atoms with Gasteiger partial charge in [0.1, 0.15) is 0 Å². The van der Waals surface area contributed by atoms with Crippen LogP contribution in [0.1, 0.15) is 0 Å². The van der Waals surface area contributed by atoms with Crippen LogP contribution in [-0.4, -0.2) is 42.0 Å². The molecular weight excluding hydrogens is 323 g/mol. The Morgan fingerprint density at radius 1 is 0.562 bits per heavy atom. The molecule has 80 valence electrons. The predicted octanol–water partition coefficient (Wildman–Crippen LogP) is -11.3. The molecule has 0 aromatic rings. The Bertz CT molecular complexity index is 408. The van der Waals surface area contributed by atoms with Crippen LogP contribution < -0.4 is 88.7 Å². The van der Waals surface area contributed by atoms with Gasteiger partial charge in [-0.25, -0.2) is 0 Å². The fraction of sp³-hybridized carbons (Fsp3) is 0. The molecule has 0 aliphatic rings. The molecule has 0 aliphatic carbocycles. The minimum Gasteiger partial charge on any atom is -0.272 e. The third-order valence-electron chi connectivity index (χ3n) is 0.565. The summed E-state index contributed by atoms with van der Waals surface area (Å²) in [4.78, 5) is 0. The molecule has 0 fully saturated rings. The van der Waals surface area contributed by atoms with Crippen LogP contribution >= 0.6 is 0 Å². The van der Waals surface area contributed by atoms with Crippen molar-refractivity contribution in [2.45, 2.75) is 0 Å². The van der Waals surface area contributed by atoms with Crippen LogP contribution in [0.2, 0.25) is 0 Å². The standard InChI is InChI=1S/H3NO9S3.3Na/c2-11(3,4)1(12(5,6)7)13(8,9)10;;;/h(H,2,3,4)(H,5,6,7)(H,8,9,10);;;/q;3*+1. The zero-order valence-corrected chi connectivity index (χ0v) is 16.9. The molecule has 0 unspecified atom stereocenters. The number of rotatable bonds is 3. The summed E-state index contributed by atoms with van der Waals surface area (Å²) in [5.41, 5.74) is 0. The van der Waals surface area contributed by atoms with Crippen molar-refractivity contribution in [1.82, 2.24) is 3.12 Å². The summed E-state index contributed by atoms with van der Waals surface area (Å²) in [6.07, 6.45) is 0. The number of nitrogens with zero attached hydrogens (tertiary/aromatic N) is 1. The van der Waals surface area contributed by atoms with Gasteiger partial charge in [-0.3, -0.25) is 13.7 Å². The minimum atomic E-state index is -5.82. The van der Waals surface area contributed by atoms with Crippen LogP contribution in [0.5, 0.6) is 0 Å². The Hall–Kier alpha value is 2.69. The SMILES string of the molecule is O=S(=O)(O)N(S(=O)(=O)O)S(=O)(=O)O.[Na+].[Na+].[Na+]. The van der Waals surface area contributed by atoms with Gasteiger partial charge < -0.3 is 0 Å². The molecule has 0 heterocycles. The third-order valence-corrected chi connectivity index (χ3v) is 5.09. The predicted molar refractivity (Wildman–Crippen MR) is 36.5 cm³/mol. The molecule has 10 nitrogen and oxygen atoms in total. The third kappa shape index (κ3) is 9.60. The first-order valence-electron chi connectivity index (χ1n) is 2.10. The maximum absolute atomic E-state index is 10.0. The summed E-state index contributed by atoms with van der Waals surface area (Å²) in [7, 11) is -17.5. The summed E-state index contributed by atoms with van der Waals surface area (Å²) in [5.74, 6) is 0. The first-order valence-corrected chi connectivity index (χ1v) is 6.29. The van der Waals surface area contributed by atoms with Crippen molar-refractivity contribution in [3.05, 3.63) is 0 Å². The van der Waals surface area contributed by atoms with Gasteiger partial charge in [0.05, 0.1) is 3.12 Å². The van der Waals surface area contributed by atoms with E-state index in [1.54, 1.807) is 0 Å². The zero-order chi connectivity index (χ0) is 11.1. The molecule has 3 N–H and O–H groups in total. The quantitative estimate of drug-likeness (QED) is 0.337. The van der Waals surface area contributed by atoms with Crippen molar-refractivity contribution in [3.63, 3.8) is 0 Å². The maximum Gasteiger partial charge on any atom is 1.00 e. The Kier molecular flexibility index (Phi) is 14.9. The van der Waals surface area contributed by atoms with Crippen LogP contribution in [-0.2, 0) is 30.9 Å². The molecule has 0 radical (unpaired) electrons. The van der Waals surface area contributed by atoms with Crippen LogP contribution in [0.3, 0.4) is 0 Å². The number of hydrogen-bond acceptors (Lipinski definition) is 6. The van der Waals surface area contributed by atoms with E-state index in [4.69, 9.17) is 13.7 Å². The smallest absolute Gasteiger partial charge is 0.272 e. The van der Waals surface area contributed by atoms with E-state index in [1.165, 1.54) is 0 Å². The van der Waals surface area contributed by atoms with E-state index in [-0.39, 0.29) is 88.7 Å². The van der Waals surface area contributed by atoms with E-state index in [2.05, 4.69) is 0 Å². The molecule has 0 aromatic heterocycles. The van der Waals surface area contributed by atoms with Crippen molar-refractivity contribution in [2.24, 2.45) is 0 Å². The van der Waals surface area contributed by atoms with Crippen molar-refractivity contribution in [2.75, 3.05) is 0 Å². The minimum absolute atomic E-state index is 0. The van der Waals surface area contributed by atoms with Crippen molar-refractivity contribution >= 4 is 30.9 Å². The molecule has 0 saturated carbocycles. The van der Waals surface area contributed by atoms with Crippen LogP contribution in [0.15, 0.2) is 0 Å². The average molecular weight is 326 g/mol. The summed E-state index contributed by atoms with van der Waals surface area (Å²) < 4.78 is 82.2. The van der Waals surface area contributed by atoms with Gasteiger partial charge in [0.15, 0.2) is 0 Å². The normalized spacial score (nSPS) is 12.0. The Morgan fingerprint density at radius 2 is 0.688 bits per heavy atom.